The molecule has 1 saturated heterocycles. The summed E-state index contributed by atoms with van der Waals surface area (Å²) in [4.78, 5) is 22.9. The van der Waals surface area contributed by atoms with Crippen LogP contribution in [0.4, 0.5) is 0 Å². The van der Waals surface area contributed by atoms with Gasteiger partial charge in [0.25, 0.3) is 7.28 Å². The van der Waals surface area contributed by atoms with Crippen LogP contribution in [0, 0.1) is 23.7 Å². The van der Waals surface area contributed by atoms with Crippen LogP contribution in [0.2, 0.25) is 0 Å². The van der Waals surface area contributed by atoms with Crippen molar-refractivity contribution in [3.63, 3.8) is 0 Å². The Balaban J connectivity index is 2.90. The van der Waals surface area contributed by atoms with Crippen molar-refractivity contribution in [2.45, 2.75) is 27.7 Å². The summed E-state index contributed by atoms with van der Waals surface area (Å²) in [6, 6.07) is 0. The summed E-state index contributed by atoms with van der Waals surface area (Å²) in [6.07, 6.45) is 0. The van der Waals surface area contributed by atoms with E-state index < -0.39 is 0 Å². The third kappa shape index (κ3) is 1.84. The zero-order valence-electron chi connectivity index (χ0n) is 8.70. The van der Waals surface area contributed by atoms with Crippen molar-refractivity contribution < 1.29 is 9.59 Å². The van der Waals surface area contributed by atoms with Crippen LogP contribution in [0.15, 0.2) is 0 Å². The second kappa shape index (κ2) is 3.65. The molecule has 1 radical (unpaired) electrons. The van der Waals surface area contributed by atoms with Gasteiger partial charge in [0.2, 0.25) is 0 Å². The highest BCUT2D eigenvalue weighted by molar-refractivity contribution is 7.00. The summed E-state index contributed by atoms with van der Waals surface area (Å²) < 4.78 is 0. The molecule has 0 saturated carbocycles. The van der Waals surface area contributed by atoms with Crippen LogP contribution in [0.1, 0.15) is 27.7 Å². The smallest absolute Gasteiger partial charge is 0.291 e. The fraction of sp³-hybridized carbons (Fsp3) is 0.800. The van der Waals surface area contributed by atoms with E-state index in [-0.39, 0.29) is 35.0 Å². The van der Waals surface area contributed by atoms with E-state index >= 15 is 0 Å². The van der Waals surface area contributed by atoms with Crippen LogP contribution in [0.25, 0.3) is 0 Å². The average molecular weight is 179 g/mol. The second-order valence-electron chi connectivity index (χ2n) is 4.49. The molecule has 0 amide bonds. The second-order valence-corrected chi connectivity index (χ2v) is 4.49. The number of carbonyl (C=O) groups is 2. The van der Waals surface area contributed by atoms with Gasteiger partial charge in [0.05, 0.1) is 11.4 Å². The Morgan fingerprint density at radius 2 is 1.23 bits per heavy atom. The molecule has 1 heterocycles. The van der Waals surface area contributed by atoms with Crippen LogP contribution in [0.3, 0.4) is 0 Å². The summed E-state index contributed by atoms with van der Waals surface area (Å²) in [7, 11) is 1.29. The van der Waals surface area contributed by atoms with Gasteiger partial charge in [-0.05, 0) is 11.8 Å². The van der Waals surface area contributed by atoms with Crippen LogP contribution < -0.4 is 0 Å². The maximum Gasteiger partial charge on any atom is 0.291 e. The molecule has 0 N–H and O–H groups in total. The van der Waals surface area contributed by atoms with Gasteiger partial charge in [0, 0.05) is 11.8 Å². The molecule has 1 aliphatic heterocycles. The molecule has 0 aromatic heterocycles. The molecule has 0 aliphatic carbocycles. The summed E-state index contributed by atoms with van der Waals surface area (Å²) >= 11 is 0. The summed E-state index contributed by atoms with van der Waals surface area (Å²) in [6.45, 7) is 8.02. The highest BCUT2D eigenvalue weighted by Gasteiger charge is 2.44. The van der Waals surface area contributed by atoms with E-state index in [9.17, 15) is 9.59 Å². The Labute approximate surface area is 80.3 Å². The average Bonchev–Trinajstić information content (AvgIpc) is 2.24. The molecule has 0 aromatic rings. The van der Waals surface area contributed by atoms with Crippen molar-refractivity contribution in [2.75, 3.05) is 0 Å². The number of hydrogen-bond donors (Lipinski definition) is 0. The molecular weight excluding hydrogens is 163 g/mol. The molecule has 1 unspecified atom stereocenters. The first-order valence-corrected chi connectivity index (χ1v) is 4.87. The van der Waals surface area contributed by atoms with Gasteiger partial charge in [-0.15, -0.1) is 0 Å². The van der Waals surface area contributed by atoms with Crippen LogP contribution >= 0.6 is 0 Å². The van der Waals surface area contributed by atoms with Gasteiger partial charge < -0.3 is 9.59 Å². The molecule has 1 fully saturated rings. The monoisotopic (exact) mass is 179 g/mol. The first kappa shape index (κ1) is 10.5. The third-order valence-electron chi connectivity index (χ3n) is 2.76. The predicted octanol–water partition coefficient (Wildman–Crippen LogP) is 1.30. The Morgan fingerprint density at radius 3 is 1.46 bits per heavy atom. The largest absolute Gasteiger partial charge is 0.311 e. The summed E-state index contributed by atoms with van der Waals surface area (Å²) in [5.41, 5.74) is 0.0531. The molecular formula is C10H16BO2. The predicted molar refractivity (Wildman–Crippen MR) is 52.4 cm³/mol. The topological polar surface area (TPSA) is 34.1 Å². The summed E-state index contributed by atoms with van der Waals surface area (Å²) in [5.74, 6) is 0.380. The van der Waals surface area contributed by atoms with Crippen LogP contribution in [-0.4, -0.2) is 18.6 Å². The van der Waals surface area contributed by atoms with E-state index in [0.29, 0.717) is 0 Å². The van der Waals surface area contributed by atoms with E-state index in [0.717, 1.165) is 0 Å². The molecule has 2 nitrogen and oxygen atoms in total. The minimum Gasteiger partial charge on any atom is -0.311 e. The molecule has 13 heavy (non-hydrogen) atoms. The van der Waals surface area contributed by atoms with Crippen molar-refractivity contribution in [1.82, 2.24) is 0 Å². The van der Waals surface area contributed by atoms with Gasteiger partial charge in [-0.2, -0.15) is 0 Å². The Morgan fingerprint density at radius 1 is 0.923 bits per heavy atom. The first-order chi connectivity index (χ1) is 5.95. The third-order valence-corrected chi connectivity index (χ3v) is 2.76. The van der Waals surface area contributed by atoms with Gasteiger partial charge in [-0.1, -0.05) is 27.7 Å². The van der Waals surface area contributed by atoms with E-state index in [1.807, 2.05) is 27.7 Å². The van der Waals surface area contributed by atoms with Gasteiger partial charge in [0.15, 0.2) is 0 Å². The molecule has 0 aromatic carbocycles. The van der Waals surface area contributed by atoms with Crippen molar-refractivity contribution >= 4 is 18.6 Å². The zero-order chi connectivity index (χ0) is 10.2. The Hall–Kier alpha value is -0.595. The van der Waals surface area contributed by atoms with Crippen molar-refractivity contribution in [3.8, 4) is 0 Å². The maximum atomic E-state index is 11.5. The number of hydrogen-bond acceptors (Lipinski definition) is 2. The van der Waals surface area contributed by atoms with Crippen molar-refractivity contribution in [1.29, 1.82) is 0 Å². The standard InChI is InChI=1S/C10H16BO2/c1-5(2)7-8(6(3)4)10(13)11-9(7)12/h5-8H,1-4H3/t7-,8?/m1/s1. The Kier molecular flexibility index (Phi) is 2.94. The lowest BCUT2D eigenvalue weighted by atomic mass is 9.72. The molecule has 2 atom stereocenters. The van der Waals surface area contributed by atoms with Gasteiger partial charge in [0.1, 0.15) is 0 Å². The molecule has 71 valence electrons. The lowest BCUT2D eigenvalue weighted by molar-refractivity contribution is -0.122. The lowest BCUT2D eigenvalue weighted by Gasteiger charge is -2.24. The van der Waals surface area contributed by atoms with E-state index in [1.54, 1.807) is 0 Å². The fourth-order valence-electron chi connectivity index (χ4n) is 2.17. The Bertz CT molecular complexity index is 209. The quantitative estimate of drug-likeness (QED) is 0.598. The first-order valence-electron chi connectivity index (χ1n) is 4.87. The highest BCUT2D eigenvalue weighted by Crippen LogP contribution is 2.33. The van der Waals surface area contributed by atoms with E-state index in [1.165, 1.54) is 7.28 Å². The lowest BCUT2D eigenvalue weighted by Crippen LogP contribution is -2.27. The van der Waals surface area contributed by atoms with Gasteiger partial charge in [-0.25, -0.2) is 0 Å². The van der Waals surface area contributed by atoms with Crippen molar-refractivity contribution in [2.24, 2.45) is 23.7 Å². The van der Waals surface area contributed by atoms with Gasteiger partial charge in [-0.3, -0.25) is 0 Å². The zero-order valence-corrected chi connectivity index (χ0v) is 8.70. The molecule has 1 rings (SSSR count). The minimum atomic E-state index is -0.0764. The van der Waals surface area contributed by atoms with Gasteiger partial charge >= 0.3 is 0 Å². The van der Waals surface area contributed by atoms with E-state index in [2.05, 4.69) is 0 Å². The molecule has 0 spiro atoms. The van der Waals surface area contributed by atoms with E-state index in [4.69, 9.17) is 0 Å². The maximum absolute atomic E-state index is 11.5. The number of rotatable bonds is 2. The minimum absolute atomic E-state index is 0.0266. The van der Waals surface area contributed by atoms with Crippen LogP contribution in [0.5, 0.6) is 0 Å². The number of carbonyl (C=O) groups excluding carboxylic acids is 2. The summed E-state index contributed by atoms with van der Waals surface area (Å²) in [5, 5.41) is 0. The molecule has 3 heteroatoms. The molecule has 0 bridgehead atoms. The van der Waals surface area contributed by atoms with Crippen molar-refractivity contribution in [3.05, 3.63) is 0 Å². The fourth-order valence-corrected chi connectivity index (χ4v) is 2.17. The highest BCUT2D eigenvalue weighted by atomic mass is 16.1. The normalized spacial score (nSPS) is 28.8. The molecule has 1 aliphatic rings. The SMILES string of the molecule is CC(C)C1C(=O)[B]C(=O)[C@@H]1C(C)C. The van der Waals surface area contributed by atoms with Crippen LogP contribution in [-0.2, 0) is 9.59 Å².